The average molecular weight is 509 g/mol. The van der Waals surface area contributed by atoms with Gasteiger partial charge in [-0.25, -0.2) is 0 Å². The standard InChI is InChI=1S/C33H37N2OP/c36-33-20-19-28(25-29(33)26-34-21-24-35-22-11-4-12-23-35)27-37(30-13-5-1-6-14-30,31-15-7-2-8-16-31)32-17-9-3-10-18-32/h1-3,5-10,13-20,25-26,36-37H,4,11-12,21-24,27H2/b34-26+. The van der Waals surface area contributed by atoms with Gasteiger partial charge in [-0.15, -0.1) is 0 Å². The molecule has 1 heterocycles. The Morgan fingerprint density at radius 1 is 0.703 bits per heavy atom. The van der Waals surface area contributed by atoms with Crippen molar-refractivity contribution in [3.05, 3.63) is 120 Å². The molecular formula is C33H37N2OP. The fourth-order valence-corrected chi connectivity index (χ4v) is 10.4. The predicted molar refractivity (Wildman–Crippen MR) is 161 cm³/mol. The number of aliphatic imine (C=N–C) groups is 1. The molecule has 4 aromatic carbocycles. The van der Waals surface area contributed by atoms with Crippen LogP contribution in [0.2, 0.25) is 0 Å². The minimum absolute atomic E-state index is 0.289. The number of piperidine rings is 1. The van der Waals surface area contributed by atoms with Gasteiger partial charge >= 0.3 is 222 Å². The fraction of sp³-hybridized carbons (Fsp3) is 0.242. The zero-order chi connectivity index (χ0) is 25.3. The van der Waals surface area contributed by atoms with E-state index in [0.29, 0.717) is 0 Å². The Labute approximate surface area is 221 Å². The van der Waals surface area contributed by atoms with E-state index in [1.54, 1.807) is 0 Å². The molecule has 5 rings (SSSR count). The molecule has 0 amide bonds. The van der Waals surface area contributed by atoms with E-state index in [1.807, 2.05) is 12.3 Å². The zero-order valence-corrected chi connectivity index (χ0v) is 22.5. The van der Waals surface area contributed by atoms with Crippen molar-refractivity contribution in [1.29, 1.82) is 0 Å². The van der Waals surface area contributed by atoms with Gasteiger partial charge in [-0.05, 0) is 0 Å². The second kappa shape index (κ2) is 12.3. The number of nitrogens with zero attached hydrogens (tertiary/aromatic N) is 2. The van der Waals surface area contributed by atoms with E-state index >= 15 is 0 Å². The van der Waals surface area contributed by atoms with E-state index in [2.05, 4.69) is 108 Å². The van der Waals surface area contributed by atoms with Crippen molar-refractivity contribution in [2.75, 3.05) is 26.2 Å². The van der Waals surface area contributed by atoms with Crippen LogP contribution in [0.15, 0.2) is 114 Å². The third kappa shape index (κ3) is 6.01. The second-order valence-corrected chi connectivity index (χ2v) is 13.9. The summed E-state index contributed by atoms with van der Waals surface area (Å²) >= 11 is 0. The molecular weight excluding hydrogens is 471 g/mol. The van der Waals surface area contributed by atoms with Crippen molar-refractivity contribution < 1.29 is 5.11 Å². The molecule has 0 bridgehead atoms. The first-order chi connectivity index (χ1) is 18.3. The van der Waals surface area contributed by atoms with Gasteiger partial charge in [0.15, 0.2) is 0 Å². The third-order valence-electron chi connectivity index (χ3n) is 7.59. The van der Waals surface area contributed by atoms with E-state index in [9.17, 15) is 5.11 Å². The molecule has 4 aromatic rings. The van der Waals surface area contributed by atoms with Crippen LogP contribution in [0.3, 0.4) is 0 Å². The summed E-state index contributed by atoms with van der Waals surface area (Å²) in [5.41, 5.74) is 2.02. The Morgan fingerprint density at radius 2 is 1.24 bits per heavy atom. The molecule has 37 heavy (non-hydrogen) atoms. The summed E-state index contributed by atoms with van der Waals surface area (Å²) in [5.74, 6) is 0.289. The number of aromatic hydroxyl groups is 1. The second-order valence-electron chi connectivity index (χ2n) is 10.0. The van der Waals surface area contributed by atoms with Crippen molar-refractivity contribution in [2.45, 2.75) is 25.4 Å². The molecule has 1 saturated heterocycles. The van der Waals surface area contributed by atoms with Crippen molar-refractivity contribution in [1.82, 2.24) is 4.90 Å². The van der Waals surface area contributed by atoms with Crippen molar-refractivity contribution >= 4 is 29.4 Å². The number of hydrogen-bond acceptors (Lipinski definition) is 3. The summed E-state index contributed by atoms with van der Waals surface area (Å²) in [7, 11) is -2.40. The zero-order valence-electron chi connectivity index (χ0n) is 21.5. The van der Waals surface area contributed by atoms with Crippen LogP contribution in [0.1, 0.15) is 30.4 Å². The maximum atomic E-state index is 10.6. The van der Waals surface area contributed by atoms with E-state index in [1.165, 1.54) is 53.8 Å². The molecule has 0 saturated carbocycles. The quantitative estimate of drug-likeness (QED) is 0.239. The van der Waals surface area contributed by atoms with Gasteiger partial charge in [0.2, 0.25) is 0 Å². The summed E-state index contributed by atoms with van der Waals surface area (Å²) in [6, 6.07) is 39.0. The molecule has 1 aliphatic rings. The van der Waals surface area contributed by atoms with Crippen LogP contribution in [-0.4, -0.2) is 42.4 Å². The van der Waals surface area contributed by atoms with Crippen LogP contribution in [-0.2, 0) is 6.16 Å². The van der Waals surface area contributed by atoms with Gasteiger partial charge in [0, 0.05) is 0 Å². The van der Waals surface area contributed by atoms with Crippen LogP contribution >= 0.6 is 7.26 Å². The van der Waals surface area contributed by atoms with E-state index in [4.69, 9.17) is 4.99 Å². The van der Waals surface area contributed by atoms with Crippen LogP contribution in [0.5, 0.6) is 5.75 Å². The van der Waals surface area contributed by atoms with E-state index in [-0.39, 0.29) is 5.75 Å². The molecule has 0 aliphatic carbocycles. The molecule has 0 radical (unpaired) electrons. The maximum absolute atomic E-state index is 10.6. The number of likely N-dealkylation sites (tertiary alicyclic amines) is 1. The van der Waals surface area contributed by atoms with Gasteiger partial charge in [0.1, 0.15) is 0 Å². The van der Waals surface area contributed by atoms with Gasteiger partial charge < -0.3 is 0 Å². The topological polar surface area (TPSA) is 35.8 Å². The molecule has 0 atom stereocenters. The van der Waals surface area contributed by atoms with Crippen molar-refractivity contribution in [3.8, 4) is 5.75 Å². The van der Waals surface area contributed by atoms with Gasteiger partial charge in [-0.2, -0.15) is 0 Å². The Balaban J connectivity index is 1.49. The normalized spacial score (nSPS) is 15.1. The number of phenolic OH excluding ortho intramolecular Hbond substituents is 1. The molecule has 1 N–H and O–H groups in total. The molecule has 0 spiro atoms. The summed E-state index contributed by atoms with van der Waals surface area (Å²) < 4.78 is 0. The van der Waals surface area contributed by atoms with Gasteiger partial charge in [0.05, 0.1) is 0 Å². The first-order valence-electron chi connectivity index (χ1n) is 13.5. The predicted octanol–water partition coefficient (Wildman–Crippen LogP) is 5.52. The molecule has 3 nitrogen and oxygen atoms in total. The molecule has 0 unspecified atom stereocenters. The molecule has 1 aliphatic heterocycles. The Hall–Kier alpha value is -3.26. The summed E-state index contributed by atoms with van der Waals surface area (Å²) in [5, 5.41) is 14.8. The number of phenols is 1. The Kier molecular flexibility index (Phi) is 8.46. The summed E-state index contributed by atoms with van der Waals surface area (Å²) in [6.45, 7) is 4.12. The van der Waals surface area contributed by atoms with Crippen LogP contribution in [0.4, 0.5) is 0 Å². The van der Waals surface area contributed by atoms with Gasteiger partial charge in [-0.3, -0.25) is 0 Å². The molecule has 0 aromatic heterocycles. The van der Waals surface area contributed by atoms with Gasteiger partial charge in [0.25, 0.3) is 0 Å². The van der Waals surface area contributed by atoms with Crippen LogP contribution in [0, 0.1) is 0 Å². The first kappa shape index (κ1) is 25.4. The van der Waals surface area contributed by atoms with Crippen LogP contribution in [0.25, 0.3) is 0 Å². The Morgan fingerprint density at radius 3 is 1.78 bits per heavy atom. The van der Waals surface area contributed by atoms with Crippen molar-refractivity contribution in [3.63, 3.8) is 0 Å². The Bertz CT molecular complexity index is 1190. The van der Waals surface area contributed by atoms with Gasteiger partial charge in [-0.1, -0.05) is 0 Å². The van der Waals surface area contributed by atoms with E-state index in [0.717, 1.165) is 24.8 Å². The monoisotopic (exact) mass is 508 g/mol. The fourth-order valence-electron chi connectivity index (χ4n) is 5.64. The number of rotatable bonds is 9. The third-order valence-corrected chi connectivity index (χ3v) is 12.5. The SMILES string of the molecule is Oc1ccc(C[PH](c2ccccc2)(c2ccccc2)c2ccccc2)cc1/C=N/CCN1CCCCC1. The van der Waals surface area contributed by atoms with Crippen LogP contribution < -0.4 is 15.9 Å². The number of benzene rings is 4. The van der Waals surface area contributed by atoms with E-state index < -0.39 is 7.26 Å². The summed E-state index contributed by atoms with van der Waals surface area (Å²) in [4.78, 5) is 7.19. The number of hydrogen-bond donors (Lipinski definition) is 1. The molecule has 4 heteroatoms. The molecule has 190 valence electrons. The summed E-state index contributed by atoms with van der Waals surface area (Å²) in [6.07, 6.45) is 6.70. The first-order valence-corrected chi connectivity index (χ1v) is 15.7. The van der Waals surface area contributed by atoms with Crippen molar-refractivity contribution in [2.24, 2.45) is 4.99 Å². The minimum atomic E-state index is -2.40. The average Bonchev–Trinajstić information content (AvgIpc) is 2.97. The molecule has 1 fully saturated rings.